The van der Waals surface area contributed by atoms with Crippen molar-refractivity contribution in [2.45, 2.75) is 124 Å². The van der Waals surface area contributed by atoms with Gasteiger partial charge in [-0.05, 0) is 44.9 Å². The minimum absolute atomic E-state index is 0.0359. The summed E-state index contributed by atoms with van der Waals surface area (Å²) in [5, 5.41) is 13.0. The highest BCUT2D eigenvalue weighted by atomic mass is 16.5. The van der Waals surface area contributed by atoms with E-state index in [9.17, 15) is 28.8 Å². The van der Waals surface area contributed by atoms with Crippen molar-refractivity contribution in [1.29, 1.82) is 0 Å². The van der Waals surface area contributed by atoms with E-state index in [0.717, 1.165) is 25.7 Å². The van der Waals surface area contributed by atoms with E-state index < -0.39 is 65.8 Å². The lowest BCUT2D eigenvalue weighted by Crippen LogP contribution is -2.58. The van der Waals surface area contributed by atoms with Gasteiger partial charge < -0.3 is 31.3 Å². The highest BCUT2D eigenvalue weighted by molar-refractivity contribution is 5.95. The van der Waals surface area contributed by atoms with Gasteiger partial charge >= 0.3 is 5.97 Å². The summed E-state index contributed by atoms with van der Waals surface area (Å²) in [6.07, 6.45) is 3.53. The number of ether oxygens (including phenoxy) is 1. The van der Waals surface area contributed by atoms with Crippen LogP contribution in [0.15, 0.2) is 0 Å². The molecule has 228 valence electrons. The van der Waals surface area contributed by atoms with Gasteiger partial charge in [-0.25, -0.2) is 4.79 Å². The molecule has 0 spiro atoms. The first-order valence-electron chi connectivity index (χ1n) is 14.4. The summed E-state index contributed by atoms with van der Waals surface area (Å²) in [5.41, 5.74) is 0. The molecule has 1 fully saturated rings. The number of hydrogen-bond acceptors (Lipinski definition) is 7. The minimum atomic E-state index is -1.03. The second kappa shape index (κ2) is 17.5. The maximum Gasteiger partial charge on any atom is 0.328 e. The molecule has 0 saturated carbocycles. The van der Waals surface area contributed by atoms with Crippen molar-refractivity contribution < 1.29 is 33.5 Å². The van der Waals surface area contributed by atoms with Crippen LogP contribution in [0, 0.1) is 11.8 Å². The molecule has 5 N–H and O–H groups in total. The minimum Gasteiger partial charge on any atom is -0.460 e. The molecule has 5 atom stereocenters. The van der Waals surface area contributed by atoms with Crippen LogP contribution in [0.2, 0.25) is 0 Å². The molecule has 5 amide bonds. The van der Waals surface area contributed by atoms with Gasteiger partial charge in [0.15, 0.2) is 0 Å². The van der Waals surface area contributed by atoms with E-state index in [4.69, 9.17) is 4.74 Å². The van der Waals surface area contributed by atoms with Gasteiger partial charge in [-0.2, -0.15) is 0 Å². The Kier molecular flexibility index (Phi) is 15.2. The van der Waals surface area contributed by atoms with E-state index in [1.165, 1.54) is 13.8 Å². The normalized spacial score (nSPS) is 26.5. The number of carbonyl (C=O) groups excluding carboxylic acids is 6. The van der Waals surface area contributed by atoms with Gasteiger partial charge in [-0.1, -0.05) is 53.9 Å². The summed E-state index contributed by atoms with van der Waals surface area (Å²) in [4.78, 5) is 77.0. The molecule has 1 aliphatic heterocycles. The van der Waals surface area contributed by atoms with Crippen molar-refractivity contribution in [3.05, 3.63) is 0 Å². The monoisotopic (exact) mass is 567 g/mol. The fourth-order valence-electron chi connectivity index (χ4n) is 4.23. The summed E-state index contributed by atoms with van der Waals surface area (Å²) >= 11 is 0. The van der Waals surface area contributed by atoms with Crippen LogP contribution in [-0.4, -0.2) is 72.3 Å². The Morgan fingerprint density at radius 2 is 1.43 bits per heavy atom. The van der Waals surface area contributed by atoms with Gasteiger partial charge in [0.2, 0.25) is 29.5 Å². The number of cyclic esters (lactones) is 1. The van der Waals surface area contributed by atoms with Crippen LogP contribution in [0.5, 0.6) is 0 Å². The molecule has 0 aromatic carbocycles. The van der Waals surface area contributed by atoms with E-state index in [1.54, 1.807) is 13.8 Å². The van der Waals surface area contributed by atoms with E-state index in [-0.39, 0.29) is 24.8 Å². The first kappa shape index (κ1) is 34.8. The Morgan fingerprint density at radius 1 is 0.775 bits per heavy atom. The van der Waals surface area contributed by atoms with Crippen LogP contribution >= 0.6 is 0 Å². The number of nitrogens with one attached hydrogen (secondary N) is 5. The molecule has 0 radical (unpaired) electrons. The molecule has 12 heteroatoms. The van der Waals surface area contributed by atoms with Crippen molar-refractivity contribution >= 4 is 35.5 Å². The fourth-order valence-corrected chi connectivity index (χ4v) is 4.23. The van der Waals surface area contributed by atoms with Crippen molar-refractivity contribution in [2.24, 2.45) is 11.8 Å². The molecule has 0 aliphatic carbocycles. The maximum atomic E-state index is 13.1. The Bertz CT molecular complexity index is 892. The lowest BCUT2D eigenvalue weighted by atomic mass is 9.99. The zero-order valence-corrected chi connectivity index (χ0v) is 25.1. The molecule has 1 rings (SSSR count). The molecule has 0 bridgehead atoms. The number of hydrogen-bond donors (Lipinski definition) is 5. The summed E-state index contributed by atoms with van der Waals surface area (Å²) in [6, 6.07) is -3.95. The third kappa shape index (κ3) is 12.8. The molecule has 5 unspecified atom stereocenters. The number of rotatable bonds is 8. The third-order valence-electron chi connectivity index (χ3n) is 6.59. The SMILES string of the molecule is CCCCCCC1CC(=O)NCC(=O)NC(C(C)C)C(=O)NC(CC(C)C)C(=O)NC(C)C(=O)NC(C)C(=O)O1. The smallest absolute Gasteiger partial charge is 0.328 e. The summed E-state index contributed by atoms with van der Waals surface area (Å²) in [5.74, 6) is -3.75. The summed E-state index contributed by atoms with van der Waals surface area (Å²) in [6.45, 7) is 11.9. The standard InChI is InChI=1S/C28H49N5O7/c1-8-9-10-11-12-20-14-22(34)29-15-23(35)33-24(17(4)5)27(38)32-21(13-16(2)3)26(37)30-18(6)25(36)31-19(7)28(39)40-20/h16-21,24H,8-15H2,1-7H3,(H,29,34)(H,30,37)(H,31,36)(H,32,38)(H,33,35). The first-order chi connectivity index (χ1) is 18.7. The number of unbranched alkanes of at least 4 members (excludes halogenated alkanes) is 3. The average Bonchev–Trinajstić information content (AvgIpc) is 2.86. The lowest BCUT2D eigenvalue weighted by molar-refractivity contribution is -0.154. The predicted octanol–water partition coefficient (Wildman–Crippen LogP) is 1.07. The van der Waals surface area contributed by atoms with E-state index in [1.807, 2.05) is 13.8 Å². The maximum absolute atomic E-state index is 13.1. The van der Waals surface area contributed by atoms with Crippen LogP contribution in [0.4, 0.5) is 0 Å². The van der Waals surface area contributed by atoms with E-state index in [0.29, 0.717) is 12.8 Å². The zero-order valence-electron chi connectivity index (χ0n) is 25.1. The molecule has 1 aliphatic rings. The Labute approximate surface area is 237 Å². The Balaban J connectivity index is 3.22. The van der Waals surface area contributed by atoms with Gasteiger partial charge in [0.1, 0.15) is 30.3 Å². The number of amides is 5. The quantitative estimate of drug-likeness (QED) is 0.216. The first-order valence-corrected chi connectivity index (χ1v) is 14.4. The molecule has 0 aromatic heterocycles. The third-order valence-corrected chi connectivity index (χ3v) is 6.59. The second-order valence-electron chi connectivity index (χ2n) is 11.3. The fraction of sp³-hybridized carbons (Fsp3) is 0.786. The summed E-state index contributed by atoms with van der Waals surface area (Å²) in [7, 11) is 0. The molecular formula is C28H49N5O7. The van der Waals surface area contributed by atoms with Crippen molar-refractivity contribution in [2.75, 3.05) is 6.54 Å². The van der Waals surface area contributed by atoms with Crippen LogP contribution in [0.3, 0.4) is 0 Å². The van der Waals surface area contributed by atoms with Crippen LogP contribution in [0.1, 0.15) is 93.4 Å². The van der Waals surface area contributed by atoms with Crippen LogP contribution < -0.4 is 26.6 Å². The van der Waals surface area contributed by atoms with Gasteiger partial charge in [0.05, 0.1) is 13.0 Å². The predicted molar refractivity (Wildman–Crippen MR) is 150 cm³/mol. The molecule has 40 heavy (non-hydrogen) atoms. The van der Waals surface area contributed by atoms with Gasteiger partial charge in [-0.15, -0.1) is 0 Å². The Morgan fingerprint density at radius 3 is 2.02 bits per heavy atom. The molecule has 12 nitrogen and oxygen atoms in total. The highest BCUT2D eigenvalue weighted by Crippen LogP contribution is 2.13. The van der Waals surface area contributed by atoms with Gasteiger partial charge in [0.25, 0.3) is 0 Å². The summed E-state index contributed by atoms with van der Waals surface area (Å²) < 4.78 is 5.58. The highest BCUT2D eigenvalue weighted by Gasteiger charge is 2.31. The number of esters is 1. The second-order valence-corrected chi connectivity index (χ2v) is 11.3. The van der Waals surface area contributed by atoms with E-state index in [2.05, 4.69) is 33.5 Å². The zero-order chi connectivity index (χ0) is 30.4. The Hall–Kier alpha value is -3.18. The van der Waals surface area contributed by atoms with Crippen molar-refractivity contribution in [3.63, 3.8) is 0 Å². The molecule has 1 heterocycles. The van der Waals surface area contributed by atoms with Crippen LogP contribution in [0.25, 0.3) is 0 Å². The lowest BCUT2D eigenvalue weighted by Gasteiger charge is -2.27. The number of carbonyl (C=O) groups is 6. The van der Waals surface area contributed by atoms with E-state index >= 15 is 0 Å². The van der Waals surface area contributed by atoms with Gasteiger partial charge in [0, 0.05) is 0 Å². The van der Waals surface area contributed by atoms with Gasteiger partial charge in [-0.3, -0.25) is 24.0 Å². The molecular weight excluding hydrogens is 518 g/mol. The molecule has 1 saturated heterocycles. The topological polar surface area (TPSA) is 172 Å². The van der Waals surface area contributed by atoms with Crippen LogP contribution in [-0.2, 0) is 33.5 Å². The largest absolute Gasteiger partial charge is 0.460 e. The van der Waals surface area contributed by atoms with Crippen molar-refractivity contribution in [3.8, 4) is 0 Å². The molecule has 0 aromatic rings. The average molecular weight is 568 g/mol. The van der Waals surface area contributed by atoms with Crippen molar-refractivity contribution in [1.82, 2.24) is 26.6 Å².